The molecular formula is C15H21NO2. The lowest BCUT2D eigenvalue weighted by Gasteiger charge is -2.22. The molecule has 1 fully saturated rings. The average Bonchev–Trinajstić information content (AvgIpc) is 2.39. The fraction of sp³-hybridized carbons (Fsp3) is 0.533. The van der Waals surface area contributed by atoms with Crippen LogP contribution in [0.5, 0.6) is 0 Å². The highest BCUT2D eigenvalue weighted by Gasteiger charge is 2.22. The van der Waals surface area contributed by atoms with Crippen molar-refractivity contribution in [3.63, 3.8) is 0 Å². The van der Waals surface area contributed by atoms with E-state index in [2.05, 4.69) is 31.3 Å². The zero-order chi connectivity index (χ0) is 13.0. The van der Waals surface area contributed by atoms with Crippen LogP contribution in [-0.4, -0.2) is 31.6 Å². The van der Waals surface area contributed by atoms with E-state index in [1.165, 1.54) is 5.56 Å². The third-order valence-corrected chi connectivity index (χ3v) is 3.12. The number of hydrogen-bond donors (Lipinski definition) is 1. The van der Waals surface area contributed by atoms with Crippen LogP contribution in [0.25, 0.3) is 0 Å². The smallest absolute Gasteiger partial charge is 0.182 e. The van der Waals surface area contributed by atoms with Gasteiger partial charge in [-0.2, -0.15) is 0 Å². The van der Waals surface area contributed by atoms with Crippen molar-refractivity contribution >= 4 is 5.78 Å². The van der Waals surface area contributed by atoms with E-state index in [-0.39, 0.29) is 11.8 Å². The van der Waals surface area contributed by atoms with Crippen molar-refractivity contribution in [3.8, 4) is 0 Å². The summed E-state index contributed by atoms with van der Waals surface area (Å²) in [6.45, 7) is 6.32. The van der Waals surface area contributed by atoms with Crippen molar-refractivity contribution in [1.29, 1.82) is 0 Å². The standard InChI is InChI=1S/C15H21NO2/c1-11(2)9-12-3-5-13(6-4-12)15(17)14-10-18-8-7-16-14/h3-6,11,14,16H,7-10H2,1-2H3. The fourth-order valence-electron chi connectivity index (χ4n) is 2.21. The second-order valence-corrected chi connectivity index (χ2v) is 5.24. The zero-order valence-electron chi connectivity index (χ0n) is 11.1. The van der Waals surface area contributed by atoms with Crippen LogP contribution in [0.1, 0.15) is 29.8 Å². The topological polar surface area (TPSA) is 38.3 Å². The lowest BCUT2D eigenvalue weighted by Crippen LogP contribution is -2.46. The predicted molar refractivity (Wildman–Crippen MR) is 71.9 cm³/mol. The lowest BCUT2D eigenvalue weighted by molar-refractivity contribution is 0.0607. The third-order valence-electron chi connectivity index (χ3n) is 3.12. The Morgan fingerprint density at radius 2 is 2.11 bits per heavy atom. The van der Waals surface area contributed by atoms with Gasteiger partial charge in [0.1, 0.15) is 0 Å². The summed E-state index contributed by atoms with van der Waals surface area (Å²) >= 11 is 0. The summed E-state index contributed by atoms with van der Waals surface area (Å²) in [6.07, 6.45) is 1.05. The molecule has 1 saturated heterocycles. The highest BCUT2D eigenvalue weighted by atomic mass is 16.5. The van der Waals surface area contributed by atoms with Crippen molar-refractivity contribution in [2.45, 2.75) is 26.3 Å². The summed E-state index contributed by atoms with van der Waals surface area (Å²) in [5.74, 6) is 0.769. The molecule has 0 amide bonds. The molecule has 0 radical (unpaired) electrons. The van der Waals surface area contributed by atoms with E-state index in [9.17, 15) is 4.79 Å². The van der Waals surface area contributed by atoms with Crippen molar-refractivity contribution < 1.29 is 9.53 Å². The van der Waals surface area contributed by atoms with Crippen LogP contribution in [-0.2, 0) is 11.2 Å². The number of Topliss-reactive ketones (excluding diaryl/α,β-unsaturated/α-hetero) is 1. The SMILES string of the molecule is CC(C)Cc1ccc(C(=O)C2COCCN2)cc1. The number of nitrogens with one attached hydrogen (secondary N) is 1. The van der Waals surface area contributed by atoms with Gasteiger partial charge in [-0.1, -0.05) is 38.1 Å². The Hall–Kier alpha value is -1.19. The minimum absolute atomic E-state index is 0.130. The van der Waals surface area contributed by atoms with Gasteiger partial charge in [-0.25, -0.2) is 0 Å². The van der Waals surface area contributed by atoms with Gasteiger partial charge in [0, 0.05) is 12.1 Å². The Labute approximate surface area is 109 Å². The third kappa shape index (κ3) is 3.40. The highest BCUT2D eigenvalue weighted by molar-refractivity contribution is 6.00. The number of hydrogen-bond acceptors (Lipinski definition) is 3. The van der Waals surface area contributed by atoms with E-state index >= 15 is 0 Å². The van der Waals surface area contributed by atoms with Gasteiger partial charge in [0.2, 0.25) is 0 Å². The first-order valence-electron chi connectivity index (χ1n) is 6.61. The van der Waals surface area contributed by atoms with Crippen molar-refractivity contribution in [3.05, 3.63) is 35.4 Å². The molecule has 1 aromatic carbocycles. The number of carbonyl (C=O) groups is 1. The van der Waals surface area contributed by atoms with Crippen LogP contribution in [0.15, 0.2) is 24.3 Å². The Bertz CT molecular complexity index is 391. The van der Waals surface area contributed by atoms with Crippen molar-refractivity contribution in [2.24, 2.45) is 5.92 Å². The summed E-state index contributed by atoms with van der Waals surface area (Å²) in [6, 6.07) is 7.77. The number of ether oxygens (including phenoxy) is 1. The van der Waals surface area contributed by atoms with Gasteiger partial charge in [-0.3, -0.25) is 4.79 Å². The molecule has 1 aliphatic heterocycles. The first kappa shape index (κ1) is 13.2. The molecule has 18 heavy (non-hydrogen) atoms. The van der Waals surface area contributed by atoms with E-state index in [0.29, 0.717) is 19.1 Å². The predicted octanol–water partition coefficient (Wildman–Crippen LogP) is 2.06. The average molecular weight is 247 g/mol. The molecule has 2 rings (SSSR count). The molecule has 0 saturated carbocycles. The normalized spacial score (nSPS) is 20.1. The van der Waals surface area contributed by atoms with Crippen LogP contribution >= 0.6 is 0 Å². The van der Waals surface area contributed by atoms with E-state index in [1.807, 2.05) is 12.1 Å². The molecule has 1 atom stereocenters. The highest BCUT2D eigenvalue weighted by Crippen LogP contribution is 2.12. The quantitative estimate of drug-likeness (QED) is 0.828. The Morgan fingerprint density at radius 3 is 2.67 bits per heavy atom. The number of benzene rings is 1. The van der Waals surface area contributed by atoms with Crippen LogP contribution in [0, 0.1) is 5.92 Å². The van der Waals surface area contributed by atoms with E-state index in [4.69, 9.17) is 4.74 Å². The number of morpholine rings is 1. The van der Waals surface area contributed by atoms with Gasteiger partial charge in [0.15, 0.2) is 5.78 Å². The minimum Gasteiger partial charge on any atom is -0.378 e. The Morgan fingerprint density at radius 1 is 1.39 bits per heavy atom. The molecule has 1 aliphatic rings. The number of carbonyl (C=O) groups excluding carboxylic acids is 1. The summed E-state index contributed by atoms with van der Waals surface area (Å²) in [4.78, 5) is 12.2. The van der Waals surface area contributed by atoms with E-state index in [1.54, 1.807) is 0 Å². The molecular weight excluding hydrogens is 226 g/mol. The maximum atomic E-state index is 12.2. The van der Waals surface area contributed by atoms with Gasteiger partial charge in [-0.15, -0.1) is 0 Å². The van der Waals surface area contributed by atoms with Gasteiger partial charge in [-0.05, 0) is 17.9 Å². The molecule has 0 bridgehead atoms. The maximum Gasteiger partial charge on any atom is 0.182 e. The van der Waals surface area contributed by atoms with Crippen LogP contribution in [0.3, 0.4) is 0 Å². The van der Waals surface area contributed by atoms with E-state index < -0.39 is 0 Å². The molecule has 3 heteroatoms. The minimum atomic E-state index is -0.185. The molecule has 0 spiro atoms. The molecule has 98 valence electrons. The molecule has 1 aromatic rings. The van der Waals surface area contributed by atoms with Crippen LogP contribution in [0.2, 0.25) is 0 Å². The Kier molecular flexibility index (Phi) is 4.50. The summed E-state index contributed by atoms with van der Waals surface area (Å²) in [7, 11) is 0. The lowest BCUT2D eigenvalue weighted by atomic mass is 9.98. The van der Waals surface area contributed by atoms with Crippen LogP contribution < -0.4 is 5.32 Å². The second kappa shape index (κ2) is 6.12. The second-order valence-electron chi connectivity index (χ2n) is 5.24. The van der Waals surface area contributed by atoms with Gasteiger partial charge >= 0.3 is 0 Å². The van der Waals surface area contributed by atoms with Gasteiger partial charge in [0.05, 0.1) is 19.3 Å². The number of rotatable bonds is 4. The van der Waals surface area contributed by atoms with Gasteiger partial charge in [0.25, 0.3) is 0 Å². The fourth-order valence-corrected chi connectivity index (χ4v) is 2.21. The Balaban J connectivity index is 2.02. The molecule has 0 aromatic heterocycles. The molecule has 0 aliphatic carbocycles. The van der Waals surface area contributed by atoms with Crippen molar-refractivity contribution in [2.75, 3.05) is 19.8 Å². The van der Waals surface area contributed by atoms with E-state index in [0.717, 1.165) is 18.5 Å². The summed E-state index contributed by atoms with van der Waals surface area (Å²) in [5.41, 5.74) is 2.06. The first-order valence-corrected chi connectivity index (χ1v) is 6.61. The zero-order valence-corrected chi connectivity index (χ0v) is 11.1. The van der Waals surface area contributed by atoms with Gasteiger partial charge < -0.3 is 10.1 Å². The summed E-state index contributed by atoms with van der Waals surface area (Å²) < 4.78 is 5.32. The molecule has 1 unspecified atom stereocenters. The molecule has 1 N–H and O–H groups in total. The van der Waals surface area contributed by atoms with Crippen LogP contribution in [0.4, 0.5) is 0 Å². The van der Waals surface area contributed by atoms with Crippen molar-refractivity contribution in [1.82, 2.24) is 5.32 Å². The summed E-state index contributed by atoms with van der Waals surface area (Å²) in [5, 5.41) is 3.19. The number of ketones is 1. The monoisotopic (exact) mass is 247 g/mol. The maximum absolute atomic E-state index is 12.2. The molecule has 1 heterocycles. The first-order chi connectivity index (χ1) is 8.66. The molecule has 3 nitrogen and oxygen atoms in total. The largest absolute Gasteiger partial charge is 0.378 e.